The summed E-state index contributed by atoms with van der Waals surface area (Å²) in [7, 11) is 0. The Bertz CT molecular complexity index is 666. The Hall–Kier alpha value is -2.16. The number of nitrogens with one attached hydrogen (secondary N) is 1. The monoisotopic (exact) mass is 269 g/mol. The zero-order valence-electron chi connectivity index (χ0n) is 11.3. The maximum Gasteiger partial charge on any atom is 0.228 e. The highest BCUT2D eigenvalue weighted by Gasteiger charge is 2.29. The van der Waals surface area contributed by atoms with E-state index in [2.05, 4.69) is 5.32 Å². The fraction of sp³-hybridized carbons (Fsp3) is 0.235. The van der Waals surface area contributed by atoms with E-state index in [1.165, 1.54) is 6.07 Å². The second kappa shape index (κ2) is 5.08. The Kier molecular flexibility index (Phi) is 3.26. The standard InChI is InChI=1S/C17H16FNO/c1-11-5-2-3-8-16(11)19-17(20)13-9-12-6-4-7-15(18)14(12)10-13/h2-8,13H,9-10H2,1H3,(H,19,20). The van der Waals surface area contributed by atoms with E-state index in [0.717, 1.165) is 16.8 Å². The van der Waals surface area contributed by atoms with Crippen LogP contribution in [0, 0.1) is 18.7 Å². The number of benzene rings is 2. The van der Waals surface area contributed by atoms with Gasteiger partial charge in [0, 0.05) is 11.6 Å². The number of carbonyl (C=O) groups is 1. The molecule has 2 nitrogen and oxygen atoms in total. The smallest absolute Gasteiger partial charge is 0.228 e. The van der Waals surface area contributed by atoms with Gasteiger partial charge in [-0.1, -0.05) is 30.3 Å². The number of aryl methyl sites for hydroxylation is 1. The molecule has 0 heterocycles. The Labute approximate surface area is 117 Å². The molecular weight excluding hydrogens is 253 g/mol. The third-order valence-electron chi connectivity index (χ3n) is 3.91. The fourth-order valence-electron chi connectivity index (χ4n) is 2.74. The molecule has 3 heteroatoms. The Morgan fingerprint density at radius 1 is 1.15 bits per heavy atom. The first-order chi connectivity index (χ1) is 9.65. The summed E-state index contributed by atoms with van der Waals surface area (Å²) < 4.78 is 13.7. The second-order valence-corrected chi connectivity index (χ2v) is 5.29. The van der Waals surface area contributed by atoms with Crippen molar-refractivity contribution < 1.29 is 9.18 Å². The predicted molar refractivity (Wildman–Crippen MR) is 77.1 cm³/mol. The molecule has 1 aliphatic carbocycles. The largest absolute Gasteiger partial charge is 0.326 e. The molecule has 0 spiro atoms. The Morgan fingerprint density at radius 3 is 2.70 bits per heavy atom. The quantitative estimate of drug-likeness (QED) is 0.888. The maximum atomic E-state index is 13.7. The van der Waals surface area contributed by atoms with E-state index < -0.39 is 0 Å². The zero-order chi connectivity index (χ0) is 14.1. The van der Waals surface area contributed by atoms with E-state index in [-0.39, 0.29) is 17.6 Å². The third-order valence-corrected chi connectivity index (χ3v) is 3.91. The first kappa shape index (κ1) is 12.9. The van der Waals surface area contributed by atoms with Crippen LogP contribution in [-0.4, -0.2) is 5.91 Å². The van der Waals surface area contributed by atoms with Crippen molar-refractivity contribution in [3.63, 3.8) is 0 Å². The van der Waals surface area contributed by atoms with E-state index in [1.807, 2.05) is 37.3 Å². The van der Waals surface area contributed by atoms with Gasteiger partial charge in [0.25, 0.3) is 0 Å². The Balaban J connectivity index is 1.75. The highest BCUT2D eigenvalue weighted by molar-refractivity contribution is 5.94. The molecule has 1 aliphatic rings. The maximum absolute atomic E-state index is 13.7. The number of hydrogen-bond donors (Lipinski definition) is 1. The van der Waals surface area contributed by atoms with Gasteiger partial charge in [-0.3, -0.25) is 4.79 Å². The summed E-state index contributed by atoms with van der Waals surface area (Å²) in [6.07, 6.45) is 1.10. The van der Waals surface area contributed by atoms with Gasteiger partial charge in [-0.2, -0.15) is 0 Å². The van der Waals surface area contributed by atoms with Crippen LogP contribution in [0.2, 0.25) is 0 Å². The van der Waals surface area contributed by atoms with Crippen molar-refractivity contribution in [3.05, 3.63) is 65.0 Å². The molecular formula is C17H16FNO. The zero-order valence-corrected chi connectivity index (χ0v) is 11.3. The van der Waals surface area contributed by atoms with Crippen LogP contribution in [0.15, 0.2) is 42.5 Å². The molecule has 1 N–H and O–H groups in total. The minimum absolute atomic E-state index is 0.0325. The average molecular weight is 269 g/mol. The molecule has 0 saturated carbocycles. The van der Waals surface area contributed by atoms with E-state index in [0.29, 0.717) is 18.4 Å². The second-order valence-electron chi connectivity index (χ2n) is 5.29. The van der Waals surface area contributed by atoms with E-state index in [4.69, 9.17) is 0 Å². The van der Waals surface area contributed by atoms with Crippen molar-refractivity contribution in [3.8, 4) is 0 Å². The number of carbonyl (C=O) groups excluding carboxylic acids is 1. The molecule has 0 aliphatic heterocycles. The lowest BCUT2D eigenvalue weighted by molar-refractivity contribution is -0.119. The van der Waals surface area contributed by atoms with E-state index >= 15 is 0 Å². The number of para-hydroxylation sites is 1. The van der Waals surface area contributed by atoms with Gasteiger partial charge in [-0.25, -0.2) is 4.39 Å². The molecule has 1 atom stereocenters. The number of amides is 1. The number of anilines is 1. The van der Waals surface area contributed by atoms with Crippen molar-refractivity contribution in [2.45, 2.75) is 19.8 Å². The summed E-state index contributed by atoms with van der Waals surface area (Å²) in [6, 6.07) is 12.7. The van der Waals surface area contributed by atoms with Gasteiger partial charge in [0.2, 0.25) is 5.91 Å². The van der Waals surface area contributed by atoms with Gasteiger partial charge < -0.3 is 5.32 Å². The predicted octanol–water partition coefficient (Wildman–Crippen LogP) is 3.49. The molecule has 3 rings (SSSR count). The lowest BCUT2D eigenvalue weighted by atomic mass is 10.1. The van der Waals surface area contributed by atoms with Gasteiger partial charge in [-0.05, 0) is 48.6 Å². The molecule has 0 bridgehead atoms. The number of halogens is 1. The van der Waals surface area contributed by atoms with E-state index in [1.54, 1.807) is 6.07 Å². The summed E-state index contributed by atoms with van der Waals surface area (Å²) in [4.78, 5) is 12.3. The normalized spacial score (nSPS) is 16.8. The highest BCUT2D eigenvalue weighted by atomic mass is 19.1. The van der Waals surface area contributed by atoms with Crippen LogP contribution in [0.25, 0.3) is 0 Å². The fourth-order valence-corrected chi connectivity index (χ4v) is 2.74. The molecule has 0 saturated heterocycles. The van der Waals surface area contributed by atoms with Crippen molar-refractivity contribution in [2.24, 2.45) is 5.92 Å². The van der Waals surface area contributed by atoms with Gasteiger partial charge in [0.1, 0.15) is 5.82 Å². The molecule has 20 heavy (non-hydrogen) atoms. The number of hydrogen-bond acceptors (Lipinski definition) is 1. The number of fused-ring (bicyclic) bond motifs is 1. The molecule has 1 unspecified atom stereocenters. The average Bonchev–Trinajstić information content (AvgIpc) is 2.87. The summed E-state index contributed by atoms with van der Waals surface area (Å²) in [5.74, 6) is -0.412. The van der Waals surface area contributed by atoms with Gasteiger partial charge >= 0.3 is 0 Å². The van der Waals surface area contributed by atoms with Crippen molar-refractivity contribution in [2.75, 3.05) is 5.32 Å². The molecule has 2 aromatic carbocycles. The molecule has 0 radical (unpaired) electrons. The molecule has 0 fully saturated rings. The SMILES string of the molecule is Cc1ccccc1NC(=O)C1Cc2cccc(F)c2C1. The lowest BCUT2D eigenvalue weighted by Crippen LogP contribution is -2.23. The topological polar surface area (TPSA) is 29.1 Å². The van der Waals surface area contributed by atoms with Crippen LogP contribution in [0.4, 0.5) is 10.1 Å². The van der Waals surface area contributed by atoms with Crippen molar-refractivity contribution in [1.82, 2.24) is 0 Å². The molecule has 102 valence electrons. The van der Waals surface area contributed by atoms with Crippen molar-refractivity contribution >= 4 is 11.6 Å². The summed E-state index contributed by atoms with van der Waals surface area (Å²) in [5, 5.41) is 2.95. The van der Waals surface area contributed by atoms with E-state index in [9.17, 15) is 9.18 Å². The minimum Gasteiger partial charge on any atom is -0.326 e. The van der Waals surface area contributed by atoms with Gasteiger partial charge in [-0.15, -0.1) is 0 Å². The van der Waals surface area contributed by atoms with Crippen LogP contribution in [0.3, 0.4) is 0 Å². The summed E-state index contributed by atoms with van der Waals surface area (Å²) in [6.45, 7) is 1.96. The molecule has 0 aromatic heterocycles. The van der Waals surface area contributed by atoms with Crippen LogP contribution in [0.1, 0.15) is 16.7 Å². The van der Waals surface area contributed by atoms with Crippen LogP contribution < -0.4 is 5.32 Å². The first-order valence-electron chi connectivity index (χ1n) is 6.78. The lowest BCUT2D eigenvalue weighted by Gasteiger charge is -2.12. The molecule has 1 amide bonds. The summed E-state index contributed by atoms with van der Waals surface area (Å²) in [5.41, 5.74) is 3.50. The third kappa shape index (κ3) is 2.31. The number of rotatable bonds is 2. The van der Waals surface area contributed by atoms with Gasteiger partial charge in [0.15, 0.2) is 0 Å². The Morgan fingerprint density at radius 2 is 1.95 bits per heavy atom. The van der Waals surface area contributed by atoms with Crippen molar-refractivity contribution in [1.29, 1.82) is 0 Å². The first-order valence-corrected chi connectivity index (χ1v) is 6.78. The van der Waals surface area contributed by atoms with Crippen LogP contribution in [0.5, 0.6) is 0 Å². The summed E-state index contributed by atoms with van der Waals surface area (Å²) >= 11 is 0. The minimum atomic E-state index is -0.200. The van der Waals surface area contributed by atoms with Gasteiger partial charge in [0.05, 0.1) is 0 Å². The highest BCUT2D eigenvalue weighted by Crippen LogP contribution is 2.29. The van der Waals surface area contributed by atoms with Crippen LogP contribution >= 0.6 is 0 Å². The van der Waals surface area contributed by atoms with Crippen LogP contribution in [-0.2, 0) is 17.6 Å². The molecule has 2 aromatic rings.